The Morgan fingerprint density at radius 1 is 1.40 bits per heavy atom. The normalized spacial score (nSPS) is 17.9. The van der Waals surface area contributed by atoms with Gasteiger partial charge in [-0.2, -0.15) is 0 Å². The van der Waals surface area contributed by atoms with Crippen molar-refractivity contribution in [3.63, 3.8) is 0 Å². The van der Waals surface area contributed by atoms with Gasteiger partial charge in [-0.3, -0.25) is 4.90 Å². The molecule has 0 aliphatic carbocycles. The van der Waals surface area contributed by atoms with Crippen LogP contribution in [0.1, 0.15) is 24.4 Å². The van der Waals surface area contributed by atoms with Crippen molar-refractivity contribution >= 4 is 15.9 Å². The summed E-state index contributed by atoms with van der Waals surface area (Å²) in [5, 5.41) is 0. The second-order valence-electron chi connectivity index (χ2n) is 5.45. The van der Waals surface area contributed by atoms with E-state index in [1.165, 1.54) is 32.0 Å². The first kappa shape index (κ1) is 15.9. The number of likely N-dealkylation sites (N-methyl/N-ethyl adjacent to an activating group) is 1. The summed E-state index contributed by atoms with van der Waals surface area (Å²) in [6, 6.07) is 5.29. The monoisotopic (exact) mass is 343 g/mol. The molecule has 1 saturated heterocycles. The molecule has 1 aromatic rings. The summed E-state index contributed by atoms with van der Waals surface area (Å²) in [5.74, 6) is -0.232. The van der Waals surface area contributed by atoms with Gasteiger partial charge >= 0.3 is 0 Å². The lowest BCUT2D eigenvalue weighted by atomic mass is 10.1. The van der Waals surface area contributed by atoms with Gasteiger partial charge in [0.25, 0.3) is 0 Å². The fourth-order valence-electron chi connectivity index (χ4n) is 2.75. The Balaban J connectivity index is 1.96. The molecule has 0 amide bonds. The zero-order valence-electron chi connectivity index (χ0n) is 12.0. The van der Waals surface area contributed by atoms with Crippen molar-refractivity contribution in [1.82, 2.24) is 9.80 Å². The van der Waals surface area contributed by atoms with Crippen LogP contribution in [0.4, 0.5) is 4.39 Å². The molecule has 1 fully saturated rings. The number of hydrogen-bond acceptors (Lipinski definition) is 3. The Kier molecular flexibility index (Phi) is 5.96. The predicted octanol–water partition coefficient (Wildman–Crippen LogP) is 2.62. The minimum atomic E-state index is -0.232. The van der Waals surface area contributed by atoms with Gasteiger partial charge in [0, 0.05) is 25.7 Å². The molecule has 1 atom stereocenters. The topological polar surface area (TPSA) is 32.5 Å². The van der Waals surface area contributed by atoms with Crippen molar-refractivity contribution in [2.75, 3.05) is 39.8 Å². The van der Waals surface area contributed by atoms with Crippen LogP contribution < -0.4 is 5.73 Å². The van der Waals surface area contributed by atoms with E-state index in [-0.39, 0.29) is 11.9 Å². The molecule has 0 aromatic heterocycles. The summed E-state index contributed by atoms with van der Waals surface area (Å²) >= 11 is 3.24. The lowest BCUT2D eigenvalue weighted by Crippen LogP contribution is -2.36. The van der Waals surface area contributed by atoms with E-state index in [0.29, 0.717) is 11.0 Å². The van der Waals surface area contributed by atoms with Crippen LogP contribution in [0.25, 0.3) is 0 Å². The van der Waals surface area contributed by atoms with Gasteiger partial charge < -0.3 is 10.6 Å². The van der Waals surface area contributed by atoms with Crippen LogP contribution in [0.2, 0.25) is 0 Å². The molecule has 112 valence electrons. The number of likely N-dealkylation sites (tertiary alicyclic amines) is 1. The van der Waals surface area contributed by atoms with Crippen molar-refractivity contribution in [3.05, 3.63) is 34.1 Å². The van der Waals surface area contributed by atoms with Crippen LogP contribution in [-0.2, 0) is 0 Å². The summed E-state index contributed by atoms with van der Waals surface area (Å²) in [4.78, 5) is 4.75. The summed E-state index contributed by atoms with van der Waals surface area (Å²) in [7, 11) is 2.09. The van der Waals surface area contributed by atoms with Gasteiger partial charge in [0.15, 0.2) is 0 Å². The fourth-order valence-corrected chi connectivity index (χ4v) is 3.15. The van der Waals surface area contributed by atoms with E-state index in [9.17, 15) is 4.39 Å². The van der Waals surface area contributed by atoms with Crippen LogP contribution >= 0.6 is 15.9 Å². The standard InChI is InChI=1S/C15H23BrFN3/c1-19(8-9-20-6-2-3-7-20)15(11-18)12-4-5-14(17)13(16)10-12/h4-5,10,15H,2-3,6-9,11,18H2,1H3. The molecule has 0 radical (unpaired) electrons. The van der Waals surface area contributed by atoms with Crippen LogP contribution in [0.15, 0.2) is 22.7 Å². The molecule has 20 heavy (non-hydrogen) atoms. The van der Waals surface area contributed by atoms with E-state index in [1.807, 2.05) is 12.1 Å². The molecule has 2 N–H and O–H groups in total. The number of rotatable bonds is 6. The van der Waals surface area contributed by atoms with E-state index in [0.717, 1.165) is 18.7 Å². The number of nitrogens with zero attached hydrogens (tertiary/aromatic N) is 2. The van der Waals surface area contributed by atoms with E-state index < -0.39 is 0 Å². The zero-order chi connectivity index (χ0) is 14.5. The van der Waals surface area contributed by atoms with Crippen molar-refractivity contribution in [2.45, 2.75) is 18.9 Å². The van der Waals surface area contributed by atoms with Crippen molar-refractivity contribution in [1.29, 1.82) is 0 Å². The summed E-state index contributed by atoms with van der Waals surface area (Å²) < 4.78 is 13.8. The van der Waals surface area contributed by atoms with Crippen molar-refractivity contribution in [2.24, 2.45) is 5.73 Å². The van der Waals surface area contributed by atoms with E-state index in [4.69, 9.17) is 5.73 Å². The first-order valence-corrected chi connectivity index (χ1v) is 7.98. The Hall–Kier alpha value is -0.490. The molecule has 1 aromatic carbocycles. The minimum absolute atomic E-state index is 0.134. The smallest absolute Gasteiger partial charge is 0.137 e. The van der Waals surface area contributed by atoms with E-state index in [1.54, 1.807) is 0 Å². The molecule has 1 heterocycles. The Morgan fingerprint density at radius 2 is 2.10 bits per heavy atom. The molecule has 3 nitrogen and oxygen atoms in total. The van der Waals surface area contributed by atoms with Gasteiger partial charge in [-0.05, 0) is 66.6 Å². The van der Waals surface area contributed by atoms with Crippen LogP contribution in [0.3, 0.4) is 0 Å². The fraction of sp³-hybridized carbons (Fsp3) is 0.600. The Labute approximate surface area is 129 Å². The van der Waals surface area contributed by atoms with Gasteiger partial charge in [-0.25, -0.2) is 4.39 Å². The molecule has 0 bridgehead atoms. The molecule has 1 unspecified atom stereocenters. The highest BCUT2D eigenvalue weighted by atomic mass is 79.9. The third-order valence-corrected chi connectivity index (χ3v) is 4.66. The second-order valence-corrected chi connectivity index (χ2v) is 6.31. The van der Waals surface area contributed by atoms with Gasteiger partial charge in [0.2, 0.25) is 0 Å². The molecule has 0 saturated carbocycles. The molecule has 2 rings (SSSR count). The highest BCUT2D eigenvalue weighted by molar-refractivity contribution is 9.10. The van der Waals surface area contributed by atoms with Gasteiger partial charge in [0.1, 0.15) is 5.82 Å². The third kappa shape index (κ3) is 4.01. The van der Waals surface area contributed by atoms with Gasteiger partial charge in [-0.1, -0.05) is 6.07 Å². The summed E-state index contributed by atoms with van der Waals surface area (Å²) in [6.45, 7) is 5.02. The number of hydrogen-bond donors (Lipinski definition) is 1. The molecular formula is C15H23BrFN3. The number of halogens is 2. The maximum Gasteiger partial charge on any atom is 0.137 e. The molecule has 5 heteroatoms. The average molecular weight is 344 g/mol. The summed E-state index contributed by atoms with van der Waals surface area (Å²) in [6.07, 6.45) is 2.63. The van der Waals surface area contributed by atoms with E-state index in [2.05, 4.69) is 32.8 Å². The van der Waals surface area contributed by atoms with Crippen molar-refractivity contribution in [3.8, 4) is 0 Å². The van der Waals surface area contributed by atoms with Crippen LogP contribution in [0, 0.1) is 5.82 Å². The number of benzene rings is 1. The molecule has 0 spiro atoms. The summed E-state index contributed by atoms with van der Waals surface area (Å²) in [5.41, 5.74) is 6.97. The first-order valence-electron chi connectivity index (χ1n) is 7.19. The number of nitrogens with two attached hydrogens (primary N) is 1. The van der Waals surface area contributed by atoms with Crippen LogP contribution in [-0.4, -0.2) is 49.6 Å². The highest BCUT2D eigenvalue weighted by Gasteiger charge is 2.18. The largest absolute Gasteiger partial charge is 0.329 e. The molecule has 1 aliphatic rings. The minimum Gasteiger partial charge on any atom is -0.329 e. The maximum atomic E-state index is 13.3. The SMILES string of the molecule is CN(CCN1CCCC1)C(CN)c1ccc(F)c(Br)c1. The van der Waals surface area contributed by atoms with Crippen LogP contribution in [0.5, 0.6) is 0 Å². The van der Waals surface area contributed by atoms with Gasteiger partial charge in [0.05, 0.1) is 4.47 Å². The predicted molar refractivity (Wildman–Crippen MR) is 84.2 cm³/mol. The lowest BCUT2D eigenvalue weighted by molar-refractivity contribution is 0.209. The maximum absolute atomic E-state index is 13.3. The first-order chi connectivity index (χ1) is 9.61. The highest BCUT2D eigenvalue weighted by Crippen LogP contribution is 2.24. The molecule has 1 aliphatic heterocycles. The van der Waals surface area contributed by atoms with Gasteiger partial charge in [-0.15, -0.1) is 0 Å². The van der Waals surface area contributed by atoms with E-state index >= 15 is 0 Å². The van der Waals surface area contributed by atoms with Crippen molar-refractivity contribution < 1.29 is 4.39 Å². The second kappa shape index (κ2) is 7.50. The molecular weight excluding hydrogens is 321 g/mol. The average Bonchev–Trinajstić information content (AvgIpc) is 2.94. The lowest BCUT2D eigenvalue weighted by Gasteiger charge is -2.29. The Bertz CT molecular complexity index is 435. The zero-order valence-corrected chi connectivity index (χ0v) is 13.6. The Morgan fingerprint density at radius 3 is 2.70 bits per heavy atom. The third-order valence-electron chi connectivity index (χ3n) is 4.05. The quantitative estimate of drug-likeness (QED) is 0.861.